The average molecular weight is 483 g/mol. The van der Waals surface area contributed by atoms with Crippen LogP contribution < -0.4 is 0 Å². The lowest BCUT2D eigenvalue weighted by Gasteiger charge is -2.59. The van der Waals surface area contributed by atoms with Gasteiger partial charge in [-0.25, -0.2) is 9.59 Å². The molecule has 35 heavy (non-hydrogen) atoms. The molecule has 0 aromatic rings. The van der Waals surface area contributed by atoms with Crippen LogP contribution in [0.5, 0.6) is 0 Å². The van der Waals surface area contributed by atoms with E-state index in [4.69, 9.17) is 4.74 Å². The summed E-state index contributed by atoms with van der Waals surface area (Å²) in [7, 11) is 0. The van der Waals surface area contributed by atoms with E-state index < -0.39 is 11.9 Å². The zero-order valence-electron chi connectivity index (χ0n) is 21.4. The van der Waals surface area contributed by atoms with Gasteiger partial charge in [0.1, 0.15) is 0 Å². The molecule has 0 atom stereocenters. The summed E-state index contributed by atoms with van der Waals surface area (Å²) in [6, 6.07) is 0. The molecule has 5 nitrogen and oxygen atoms in total. The van der Waals surface area contributed by atoms with Crippen molar-refractivity contribution in [1.82, 2.24) is 0 Å². The summed E-state index contributed by atoms with van der Waals surface area (Å²) in [5.41, 5.74) is 0.435. The summed E-state index contributed by atoms with van der Waals surface area (Å²) < 4.78 is 5.86. The number of carboxylic acid groups (broad SMARTS) is 2. The van der Waals surface area contributed by atoms with Crippen molar-refractivity contribution in [1.29, 1.82) is 0 Å². The van der Waals surface area contributed by atoms with Crippen LogP contribution in [-0.4, -0.2) is 35.4 Å². The molecule has 192 valence electrons. The molecule has 8 bridgehead atoms. The van der Waals surface area contributed by atoms with Crippen LogP contribution in [0.25, 0.3) is 0 Å². The predicted octanol–water partition coefficient (Wildman–Crippen LogP) is 5.95. The fourth-order valence-electron chi connectivity index (χ4n) is 10.2. The molecular formula is C30H42O5. The Kier molecular flexibility index (Phi) is 5.75. The highest BCUT2D eigenvalue weighted by atomic mass is 16.5. The summed E-state index contributed by atoms with van der Waals surface area (Å²) in [6.07, 6.45) is 16.5. The first-order valence-electron chi connectivity index (χ1n) is 14.1. The zero-order chi connectivity index (χ0) is 24.5. The summed E-state index contributed by atoms with van der Waals surface area (Å²) in [6.45, 7) is 4.46. The molecule has 5 heteroatoms. The van der Waals surface area contributed by atoms with Gasteiger partial charge >= 0.3 is 11.9 Å². The summed E-state index contributed by atoms with van der Waals surface area (Å²) >= 11 is 0. The number of ether oxygens (including phenoxy) is 1. The first-order valence-corrected chi connectivity index (χ1v) is 14.1. The van der Waals surface area contributed by atoms with Gasteiger partial charge in [0.25, 0.3) is 0 Å². The molecule has 0 unspecified atom stereocenters. The lowest BCUT2D eigenvalue weighted by Crippen LogP contribution is -2.51. The molecule has 8 fully saturated rings. The molecule has 0 aromatic carbocycles. The van der Waals surface area contributed by atoms with E-state index in [0.717, 1.165) is 23.7 Å². The van der Waals surface area contributed by atoms with Crippen molar-refractivity contribution in [3.8, 4) is 0 Å². The second-order valence-corrected chi connectivity index (χ2v) is 13.8. The Morgan fingerprint density at radius 3 is 1.17 bits per heavy atom. The molecule has 8 aliphatic rings. The van der Waals surface area contributed by atoms with Crippen LogP contribution in [-0.2, 0) is 14.3 Å². The number of hydrogen-bond donors (Lipinski definition) is 2. The minimum absolute atomic E-state index is 0.0322. The van der Waals surface area contributed by atoms with Gasteiger partial charge in [0.05, 0.1) is 24.4 Å². The minimum atomic E-state index is -0.936. The van der Waals surface area contributed by atoms with Gasteiger partial charge in [-0.2, -0.15) is 0 Å². The molecule has 8 rings (SSSR count). The van der Waals surface area contributed by atoms with Gasteiger partial charge in [0.2, 0.25) is 0 Å². The average Bonchev–Trinajstić information content (AvgIpc) is 2.79. The van der Waals surface area contributed by atoms with Gasteiger partial charge in [-0.05, 0) is 122 Å². The molecule has 0 aromatic heterocycles. The van der Waals surface area contributed by atoms with Crippen molar-refractivity contribution in [3.05, 3.63) is 23.3 Å². The van der Waals surface area contributed by atoms with Crippen molar-refractivity contribution in [2.45, 2.75) is 78.1 Å². The van der Waals surface area contributed by atoms with Gasteiger partial charge in [-0.15, -0.1) is 0 Å². The topological polar surface area (TPSA) is 83.8 Å². The Hall–Kier alpha value is -1.62. The van der Waals surface area contributed by atoms with E-state index in [1.54, 1.807) is 0 Å². The first kappa shape index (κ1) is 23.8. The monoisotopic (exact) mass is 482 g/mol. The lowest BCUT2D eigenvalue weighted by atomic mass is 9.46. The number of allylic oxidation sites excluding steroid dienone is 2. The molecule has 8 saturated carbocycles. The van der Waals surface area contributed by atoms with E-state index in [1.165, 1.54) is 64.2 Å². The van der Waals surface area contributed by atoms with Gasteiger partial charge in [-0.1, -0.05) is 26.0 Å². The largest absolute Gasteiger partial charge is 0.478 e. The van der Waals surface area contributed by atoms with Crippen LogP contribution in [0, 0.1) is 58.2 Å². The number of hydrogen-bond acceptors (Lipinski definition) is 3. The standard InChI is InChI=1S/C30H42O5/c1-29(23-5-17-3-18(7-23)8-24(29)6-17)13-21(27(31)32)15-35-16-22(28(33)34)14-30(2)25-9-19-4-20(11-25)12-26(30)10-19/h13-14,17-20,23-26H,3-12,15-16H2,1-2H3,(H,31,32)(H,33,34). The Morgan fingerprint density at radius 2 is 0.914 bits per heavy atom. The lowest BCUT2D eigenvalue weighted by molar-refractivity contribution is -0.133. The maximum atomic E-state index is 12.2. The van der Waals surface area contributed by atoms with E-state index in [9.17, 15) is 19.8 Å². The van der Waals surface area contributed by atoms with Crippen LogP contribution in [0.3, 0.4) is 0 Å². The Morgan fingerprint density at radius 1 is 0.629 bits per heavy atom. The van der Waals surface area contributed by atoms with Crippen LogP contribution in [0.15, 0.2) is 23.3 Å². The third kappa shape index (κ3) is 4.01. The predicted molar refractivity (Wildman–Crippen MR) is 133 cm³/mol. The Balaban J connectivity index is 1.16. The maximum Gasteiger partial charge on any atom is 0.333 e. The number of rotatable bonds is 8. The van der Waals surface area contributed by atoms with Gasteiger partial charge in [-0.3, -0.25) is 0 Å². The third-order valence-corrected chi connectivity index (χ3v) is 11.8. The van der Waals surface area contributed by atoms with E-state index >= 15 is 0 Å². The highest BCUT2D eigenvalue weighted by Gasteiger charge is 2.55. The SMILES string of the molecule is CC1(C=C(COCC(=CC2(C)C3CC4CC(C3)CC2C4)C(=O)O)C(=O)O)C2CC3CC(C2)CC1C3. The van der Waals surface area contributed by atoms with Crippen LogP contribution in [0.1, 0.15) is 78.1 Å². The zero-order valence-corrected chi connectivity index (χ0v) is 21.4. The van der Waals surface area contributed by atoms with Crippen molar-refractivity contribution in [2.75, 3.05) is 13.2 Å². The van der Waals surface area contributed by atoms with Crippen molar-refractivity contribution < 1.29 is 24.5 Å². The third-order valence-electron chi connectivity index (χ3n) is 11.8. The van der Waals surface area contributed by atoms with Crippen molar-refractivity contribution in [3.63, 3.8) is 0 Å². The molecule has 8 aliphatic carbocycles. The van der Waals surface area contributed by atoms with E-state index in [2.05, 4.69) is 13.8 Å². The first-order chi connectivity index (χ1) is 16.6. The number of carbonyl (C=O) groups is 2. The Labute approximate surface area is 209 Å². The van der Waals surface area contributed by atoms with Gasteiger partial charge in [0.15, 0.2) is 0 Å². The molecule has 0 amide bonds. The fraction of sp³-hybridized carbons (Fsp3) is 0.800. The van der Waals surface area contributed by atoms with Crippen LogP contribution in [0.2, 0.25) is 0 Å². The molecular weight excluding hydrogens is 440 g/mol. The fourth-order valence-corrected chi connectivity index (χ4v) is 10.2. The highest BCUT2D eigenvalue weighted by Crippen LogP contribution is 2.64. The smallest absolute Gasteiger partial charge is 0.333 e. The summed E-state index contributed by atoms with van der Waals surface area (Å²) in [4.78, 5) is 24.3. The van der Waals surface area contributed by atoms with Crippen molar-refractivity contribution in [2.24, 2.45) is 58.2 Å². The van der Waals surface area contributed by atoms with Gasteiger partial charge < -0.3 is 14.9 Å². The molecule has 2 N–H and O–H groups in total. The molecule has 0 radical (unpaired) electrons. The summed E-state index contributed by atoms with van der Waals surface area (Å²) in [5.74, 6) is 3.73. The quantitative estimate of drug-likeness (QED) is 0.418. The summed E-state index contributed by atoms with van der Waals surface area (Å²) in [5, 5.41) is 20.0. The highest BCUT2D eigenvalue weighted by molar-refractivity contribution is 5.88. The number of aliphatic carboxylic acids is 2. The molecule has 0 spiro atoms. The van der Waals surface area contributed by atoms with Crippen LogP contribution >= 0.6 is 0 Å². The van der Waals surface area contributed by atoms with E-state index in [1.807, 2.05) is 12.2 Å². The van der Waals surface area contributed by atoms with Gasteiger partial charge in [0, 0.05) is 0 Å². The number of carboxylic acids is 2. The van der Waals surface area contributed by atoms with E-state index in [0.29, 0.717) is 34.8 Å². The minimum Gasteiger partial charge on any atom is -0.478 e. The molecule has 0 aliphatic heterocycles. The van der Waals surface area contributed by atoms with Crippen molar-refractivity contribution >= 4 is 11.9 Å². The van der Waals surface area contributed by atoms with E-state index in [-0.39, 0.29) is 24.0 Å². The normalized spacial score (nSPS) is 47.9. The molecule has 0 heterocycles. The second-order valence-electron chi connectivity index (χ2n) is 13.8. The molecule has 0 saturated heterocycles. The second kappa shape index (κ2) is 8.46. The Bertz CT molecular complexity index is 826. The maximum absolute atomic E-state index is 12.2. The van der Waals surface area contributed by atoms with Crippen LogP contribution in [0.4, 0.5) is 0 Å².